The van der Waals surface area contributed by atoms with E-state index in [2.05, 4.69) is 25.8 Å². The lowest BCUT2D eigenvalue weighted by atomic mass is 10.0. The molecule has 0 amide bonds. The van der Waals surface area contributed by atoms with Crippen LogP contribution >= 0.6 is 0 Å². The molecule has 0 saturated heterocycles. The Hall–Kier alpha value is -13.6. The molecule has 0 spiro atoms. The SMILES string of the molecule is C=C(C)C(=O)OCCOc1ccc(C(=O)Oc2ccc(-c3ccc(C#N)cc3)cc2)cc1.C=C(C)C(=O)OCCOc1ccc(C(=O)Oc2ccc(C(=O)Oc3ccc(OC)cc3)cc2)cc1.C=C(C)C(=O)OCCOc1ccc(C(=O)Oc2ccc(C(=O)Oc3ccc(OCCC)cc3)cc2)cc1. The Balaban J connectivity index is 0.000000219. The standard InChI is InChI=1S/C29H28O8.C27H24O8.C26H21NO5/c1-4-17-33-24-13-15-26(16-14-24)37-29(32)22-7-11-25(12-8-22)36-28(31)21-5-9-23(10-6-21)34-18-19-35-27(30)20(2)3;1-18(2)25(28)33-17-16-32-22-8-4-19(5-9-22)26(29)34-23-10-6-20(7-11-23)27(30)35-24-14-12-21(31-3)13-15-24;1-18(2)25(28)31-16-15-30-23-11-9-22(10-12-23)26(29)32-24-13-7-21(8-14-24)20-5-3-19(17-27)4-6-20/h5-16H,2,4,17-19H2,1,3H3;4-15H,1,16-17H2,2-3H3;3-14H,1,15-16H2,2H3. The van der Waals surface area contributed by atoms with Gasteiger partial charge in [0, 0.05) is 16.7 Å². The summed E-state index contributed by atoms with van der Waals surface area (Å²) in [4.78, 5) is 95.9. The van der Waals surface area contributed by atoms with Crippen molar-refractivity contribution in [2.75, 3.05) is 53.4 Å². The van der Waals surface area contributed by atoms with E-state index in [4.69, 9.17) is 66.8 Å². The van der Waals surface area contributed by atoms with Crippen LogP contribution in [-0.4, -0.2) is 101 Å². The van der Waals surface area contributed by atoms with Crippen molar-refractivity contribution in [3.63, 3.8) is 0 Å². The lowest BCUT2D eigenvalue weighted by Crippen LogP contribution is -2.12. The molecule has 0 fully saturated rings. The smallest absolute Gasteiger partial charge is 0.343 e. The Bertz CT molecular complexity index is 4450. The second-order valence-electron chi connectivity index (χ2n) is 22.1. The number of carbonyl (C=O) groups is 8. The van der Waals surface area contributed by atoms with Gasteiger partial charge in [-0.25, -0.2) is 38.4 Å². The van der Waals surface area contributed by atoms with Gasteiger partial charge >= 0.3 is 47.8 Å². The summed E-state index contributed by atoms with van der Waals surface area (Å²) in [5.74, 6) is 0.541. The fraction of sp³-hybridized carbons (Fsp3) is 0.159. The van der Waals surface area contributed by atoms with E-state index < -0.39 is 47.8 Å². The Morgan fingerprint density at radius 3 is 0.750 bits per heavy atom. The minimum absolute atomic E-state index is 0.0825. The normalized spacial score (nSPS) is 10.1. The largest absolute Gasteiger partial charge is 0.497 e. The van der Waals surface area contributed by atoms with Gasteiger partial charge in [-0.3, -0.25) is 0 Å². The number of nitriles is 1. The third kappa shape index (κ3) is 26.0. The predicted molar refractivity (Wildman–Crippen MR) is 383 cm³/mol. The summed E-state index contributed by atoms with van der Waals surface area (Å²) in [6.45, 7) is 18.6. The van der Waals surface area contributed by atoms with E-state index in [1.54, 1.807) is 173 Å². The average Bonchev–Trinajstić information content (AvgIpc) is 0.819. The van der Waals surface area contributed by atoms with Crippen molar-refractivity contribution in [2.45, 2.75) is 34.1 Å². The van der Waals surface area contributed by atoms with Gasteiger partial charge in [0.1, 0.15) is 97.1 Å². The maximum absolute atomic E-state index is 12.4. The minimum Gasteiger partial charge on any atom is -0.497 e. The number of ether oxygens (including phenoxy) is 13. The molecule has 9 rings (SSSR count). The summed E-state index contributed by atoms with van der Waals surface area (Å²) in [5.41, 5.74) is 5.09. The molecule has 0 aliphatic carbocycles. The third-order valence-electron chi connectivity index (χ3n) is 13.9. The van der Waals surface area contributed by atoms with Crippen LogP contribution in [0.5, 0.6) is 57.5 Å². The van der Waals surface area contributed by atoms with Crippen molar-refractivity contribution in [1.29, 1.82) is 5.26 Å². The molecule has 0 heterocycles. The van der Waals surface area contributed by atoms with Crippen molar-refractivity contribution in [1.82, 2.24) is 0 Å². The maximum Gasteiger partial charge on any atom is 0.343 e. The molecule has 22 heteroatoms. The van der Waals surface area contributed by atoms with Crippen molar-refractivity contribution in [3.8, 4) is 74.7 Å². The number of rotatable bonds is 30. The van der Waals surface area contributed by atoms with Gasteiger partial charge in [0.05, 0.1) is 53.2 Å². The first-order chi connectivity index (χ1) is 50.2. The Morgan fingerprint density at radius 2 is 0.510 bits per heavy atom. The van der Waals surface area contributed by atoms with Crippen molar-refractivity contribution in [3.05, 3.63) is 288 Å². The number of methoxy groups -OCH3 is 1. The zero-order chi connectivity index (χ0) is 74.8. The number of carbonyl (C=O) groups excluding carboxylic acids is 8. The van der Waals surface area contributed by atoms with Crippen LogP contribution in [0.3, 0.4) is 0 Å². The number of nitrogens with zero attached hydrogens (tertiary/aromatic N) is 1. The van der Waals surface area contributed by atoms with Crippen molar-refractivity contribution < 1.29 is 99.9 Å². The summed E-state index contributed by atoms with van der Waals surface area (Å²) in [5, 5.41) is 8.89. The predicted octanol–water partition coefficient (Wildman–Crippen LogP) is 15.0. The van der Waals surface area contributed by atoms with E-state index in [0.29, 0.717) is 103 Å². The molecule has 0 unspecified atom stereocenters. The molecule has 532 valence electrons. The van der Waals surface area contributed by atoms with E-state index in [9.17, 15) is 38.4 Å². The van der Waals surface area contributed by atoms with Gasteiger partial charge in [-0.05, 0) is 232 Å². The van der Waals surface area contributed by atoms with Crippen LogP contribution in [-0.2, 0) is 28.6 Å². The Morgan fingerprint density at radius 1 is 0.298 bits per heavy atom. The fourth-order valence-corrected chi connectivity index (χ4v) is 8.38. The highest BCUT2D eigenvalue weighted by Crippen LogP contribution is 2.27. The monoisotopic (exact) mass is 1410 g/mol. The van der Waals surface area contributed by atoms with Gasteiger partial charge in [0.2, 0.25) is 0 Å². The van der Waals surface area contributed by atoms with E-state index in [1.165, 1.54) is 48.5 Å². The van der Waals surface area contributed by atoms with Gasteiger partial charge in [-0.15, -0.1) is 0 Å². The first kappa shape index (κ1) is 77.8. The lowest BCUT2D eigenvalue weighted by Gasteiger charge is -2.09. The topological polar surface area (TPSA) is 280 Å². The lowest BCUT2D eigenvalue weighted by molar-refractivity contribution is -0.140. The van der Waals surface area contributed by atoms with Crippen LogP contribution in [0.4, 0.5) is 0 Å². The molecule has 0 bridgehead atoms. The summed E-state index contributed by atoms with van der Waals surface area (Å²) in [6.07, 6.45) is 0.904. The van der Waals surface area contributed by atoms with Crippen LogP contribution in [0.2, 0.25) is 0 Å². The molecule has 0 aliphatic heterocycles. The van der Waals surface area contributed by atoms with Crippen LogP contribution in [0.25, 0.3) is 11.1 Å². The highest BCUT2D eigenvalue weighted by Gasteiger charge is 2.17. The minimum atomic E-state index is -0.569. The van der Waals surface area contributed by atoms with E-state index in [-0.39, 0.29) is 51.1 Å². The molecule has 9 aromatic carbocycles. The second kappa shape index (κ2) is 40.5. The Labute approximate surface area is 600 Å². The van der Waals surface area contributed by atoms with Gasteiger partial charge in [0.25, 0.3) is 0 Å². The molecule has 0 N–H and O–H groups in total. The fourth-order valence-electron chi connectivity index (χ4n) is 8.38. The van der Waals surface area contributed by atoms with Crippen LogP contribution in [0, 0.1) is 11.3 Å². The number of esters is 8. The summed E-state index contributed by atoms with van der Waals surface area (Å²) >= 11 is 0. The molecular weight excluding hydrogens is 1330 g/mol. The molecule has 9 aromatic rings. The van der Waals surface area contributed by atoms with Gasteiger partial charge in [-0.1, -0.05) is 50.9 Å². The summed E-state index contributed by atoms with van der Waals surface area (Å²) < 4.78 is 68.7. The number of hydrogen-bond donors (Lipinski definition) is 0. The summed E-state index contributed by atoms with van der Waals surface area (Å²) in [6, 6.07) is 61.1. The molecule has 0 atom stereocenters. The van der Waals surface area contributed by atoms with Gasteiger partial charge in [-0.2, -0.15) is 5.26 Å². The molecule has 22 nitrogen and oxygen atoms in total. The molecule has 0 radical (unpaired) electrons. The van der Waals surface area contributed by atoms with E-state index >= 15 is 0 Å². The zero-order valence-corrected chi connectivity index (χ0v) is 57.6. The first-order valence-corrected chi connectivity index (χ1v) is 32.1. The van der Waals surface area contributed by atoms with E-state index in [0.717, 1.165) is 17.5 Å². The van der Waals surface area contributed by atoms with Crippen molar-refractivity contribution in [2.24, 2.45) is 0 Å². The quantitative estimate of drug-likeness (QED) is 0.0133. The van der Waals surface area contributed by atoms with Crippen LogP contribution in [0.15, 0.2) is 255 Å². The van der Waals surface area contributed by atoms with Crippen LogP contribution < -0.4 is 47.4 Å². The molecule has 0 aliphatic rings. The van der Waals surface area contributed by atoms with Gasteiger partial charge in [0.15, 0.2) is 0 Å². The van der Waals surface area contributed by atoms with Crippen molar-refractivity contribution >= 4 is 47.8 Å². The third-order valence-corrected chi connectivity index (χ3v) is 13.9. The highest BCUT2D eigenvalue weighted by atomic mass is 16.6. The maximum atomic E-state index is 12.4. The number of benzene rings is 9. The van der Waals surface area contributed by atoms with Crippen LogP contribution in [0.1, 0.15) is 91.5 Å². The van der Waals surface area contributed by atoms with E-state index in [1.807, 2.05) is 31.2 Å². The number of hydrogen-bond acceptors (Lipinski definition) is 22. The second-order valence-corrected chi connectivity index (χ2v) is 22.1. The zero-order valence-electron chi connectivity index (χ0n) is 57.6. The summed E-state index contributed by atoms with van der Waals surface area (Å²) in [7, 11) is 1.55. The Kier molecular flexibility index (Phi) is 30.3. The molecular formula is C82H73NO21. The molecule has 104 heavy (non-hydrogen) atoms. The first-order valence-electron chi connectivity index (χ1n) is 32.1. The highest BCUT2D eigenvalue weighted by molar-refractivity contribution is 5.95. The molecule has 0 aromatic heterocycles. The average molecular weight is 1410 g/mol. The van der Waals surface area contributed by atoms with Gasteiger partial charge < -0.3 is 61.6 Å². The molecule has 0 saturated carbocycles.